The third-order valence-corrected chi connectivity index (χ3v) is 3.24. The third kappa shape index (κ3) is 2.80. The molecule has 1 aliphatic heterocycles. The summed E-state index contributed by atoms with van der Waals surface area (Å²) in [4.78, 5) is 16.2. The molecule has 18 heavy (non-hydrogen) atoms. The van der Waals surface area contributed by atoms with Crippen LogP contribution in [-0.4, -0.2) is 60.1 Å². The number of phenolic OH excluding ortho intramolecular Hbond substituents is 1. The summed E-state index contributed by atoms with van der Waals surface area (Å²) in [5.41, 5.74) is 5.89. The molecule has 1 saturated heterocycles. The minimum Gasteiger partial charge on any atom is -0.507 e. The van der Waals surface area contributed by atoms with Gasteiger partial charge >= 0.3 is 0 Å². The largest absolute Gasteiger partial charge is 0.507 e. The molecule has 0 atom stereocenters. The van der Waals surface area contributed by atoms with Gasteiger partial charge in [-0.3, -0.25) is 9.69 Å². The lowest BCUT2D eigenvalue weighted by Gasteiger charge is -2.34. The number of carbonyl (C=O) groups is 1. The second-order valence-corrected chi connectivity index (χ2v) is 4.44. The number of hydrogen-bond acceptors (Lipinski definition) is 4. The monoisotopic (exact) mass is 249 g/mol. The van der Waals surface area contributed by atoms with Crippen LogP contribution in [0.15, 0.2) is 24.3 Å². The van der Waals surface area contributed by atoms with Crippen LogP contribution < -0.4 is 5.73 Å². The number of aromatic hydroxyl groups is 1. The van der Waals surface area contributed by atoms with E-state index in [9.17, 15) is 9.90 Å². The van der Waals surface area contributed by atoms with Crippen LogP contribution in [0.3, 0.4) is 0 Å². The summed E-state index contributed by atoms with van der Waals surface area (Å²) in [6, 6.07) is 6.67. The SMILES string of the molecule is NCCN1CCN(C(=O)c2ccccc2O)CC1. The highest BCUT2D eigenvalue weighted by molar-refractivity contribution is 5.96. The van der Waals surface area contributed by atoms with E-state index >= 15 is 0 Å². The van der Waals surface area contributed by atoms with Crippen LogP contribution in [-0.2, 0) is 0 Å². The molecule has 1 fully saturated rings. The zero-order chi connectivity index (χ0) is 13.0. The standard InChI is InChI=1S/C13H19N3O2/c14-5-6-15-7-9-16(10-8-15)13(18)11-3-1-2-4-12(11)17/h1-4,17H,5-10,14H2. The molecule has 5 nitrogen and oxygen atoms in total. The van der Waals surface area contributed by atoms with Crippen molar-refractivity contribution in [2.24, 2.45) is 5.73 Å². The number of hydrogen-bond donors (Lipinski definition) is 2. The molecule has 0 aromatic heterocycles. The number of piperazine rings is 1. The minimum atomic E-state index is -0.0968. The Bertz CT molecular complexity index is 414. The van der Waals surface area contributed by atoms with Gasteiger partial charge in [0.1, 0.15) is 5.75 Å². The van der Waals surface area contributed by atoms with Gasteiger partial charge in [0, 0.05) is 39.3 Å². The van der Waals surface area contributed by atoms with E-state index in [2.05, 4.69) is 4.90 Å². The first kappa shape index (κ1) is 12.9. The van der Waals surface area contributed by atoms with E-state index in [4.69, 9.17) is 5.73 Å². The molecule has 0 spiro atoms. The predicted octanol–water partition coefficient (Wildman–Crippen LogP) is 0.109. The maximum Gasteiger partial charge on any atom is 0.257 e. The number of amides is 1. The van der Waals surface area contributed by atoms with Crippen LogP contribution in [0.25, 0.3) is 0 Å². The Morgan fingerprint density at radius 1 is 1.22 bits per heavy atom. The molecule has 3 N–H and O–H groups in total. The van der Waals surface area contributed by atoms with Crippen molar-refractivity contribution in [3.05, 3.63) is 29.8 Å². The summed E-state index contributed by atoms with van der Waals surface area (Å²) in [7, 11) is 0. The number of carbonyl (C=O) groups excluding carboxylic acids is 1. The maximum absolute atomic E-state index is 12.2. The van der Waals surface area contributed by atoms with E-state index in [1.165, 1.54) is 6.07 Å². The Balaban J connectivity index is 1.98. The first-order valence-corrected chi connectivity index (χ1v) is 6.22. The second kappa shape index (κ2) is 5.84. The fourth-order valence-electron chi connectivity index (χ4n) is 2.18. The Morgan fingerprint density at radius 2 is 1.89 bits per heavy atom. The lowest BCUT2D eigenvalue weighted by Crippen LogP contribution is -2.49. The number of para-hydroxylation sites is 1. The molecule has 2 rings (SSSR count). The van der Waals surface area contributed by atoms with E-state index in [1.807, 2.05) is 0 Å². The lowest BCUT2D eigenvalue weighted by molar-refractivity contribution is 0.0638. The number of rotatable bonds is 3. The number of nitrogens with zero attached hydrogens (tertiary/aromatic N) is 2. The minimum absolute atomic E-state index is 0.0480. The molecule has 1 aromatic rings. The molecule has 98 valence electrons. The highest BCUT2D eigenvalue weighted by Crippen LogP contribution is 2.18. The molecule has 1 aliphatic rings. The van der Waals surface area contributed by atoms with Crippen LogP contribution in [0.4, 0.5) is 0 Å². The quantitative estimate of drug-likeness (QED) is 0.797. The van der Waals surface area contributed by atoms with Crippen molar-refractivity contribution >= 4 is 5.91 Å². The summed E-state index contributed by atoms with van der Waals surface area (Å²) >= 11 is 0. The van der Waals surface area contributed by atoms with Gasteiger partial charge in [0.2, 0.25) is 0 Å². The fourth-order valence-corrected chi connectivity index (χ4v) is 2.18. The molecule has 1 amide bonds. The Morgan fingerprint density at radius 3 is 2.50 bits per heavy atom. The first-order valence-electron chi connectivity index (χ1n) is 6.22. The zero-order valence-electron chi connectivity index (χ0n) is 10.4. The van der Waals surface area contributed by atoms with Crippen LogP contribution in [0, 0.1) is 0 Å². The fraction of sp³-hybridized carbons (Fsp3) is 0.462. The van der Waals surface area contributed by atoms with Crippen molar-refractivity contribution < 1.29 is 9.90 Å². The molecule has 5 heteroatoms. The van der Waals surface area contributed by atoms with Gasteiger partial charge in [0.25, 0.3) is 5.91 Å². The molecule has 0 saturated carbocycles. The summed E-state index contributed by atoms with van der Waals surface area (Å²) in [5, 5.41) is 9.67. The highest BCUT2D eigenvalue weighted by atomic mass is 16.3. The van der Waals surface area contributed by atoms with Crippen LogP contribution >= 0.6 is 0 Å². The van der Waals surface area contributed by atoms with E-state index in [-0.39, 0.29) is 11.7 Å². The van der Waals surface area contributed by atoms with E-state index < -0.39 is 0 Å². The topological polar surface area (TPSA) is 69.8 Å². The zero-order valence-corrected chi connectivity index (χ0v) is 10.4. The summed E-state index contributed by atoms with van der Waals surface area (Å²) in [6.45, 7) is 4.58. The van der Waals surface area contributed by atoms with Crippen LogP contribution in [0.2, 0.25) is 0 Å². The van der Waals surface area contributed by atoms with Gasteiger partial charge in [0.15, 0.2) is 0 Å². The van der Waals surface area contributed by atoms with Gasteiger partial charge < -0.3 is 15.7 Å². The molecule has 1 heterocycles. The van der Waals surface area contributed by atoms with E-state index in [0.29, 0.717) is 25.2 Å². The molecule has 1 aromatic carbocycles. The smallest absolute Gasteiger partial charge is 0.257 e. The van der Waals surface area contributed by atoms with Gasteiger partial charge in [-0.05, 0) is 12.1 Å². The Hall–Kier alpha value is -1.59. The number of phenols is 1. The van der Waals surface area contributed by atoms with E-state index in [1.54, 1.807) is 23.1 Å². The molecular formula is C13H19N3O2. The average Bonchev–Trinajstić information content (AvgIpc) is 2.40. The van der Waals surface area contributed by atoms with Crippen molar-refractivity contribution in [3.8, 4) is 5.75 Å². The Labute approximate surface area is 107 Å². The number of nitrogens with two attached hydrogens (primary N) is 1. The van der Waals surface area contributed by atoms with Crippen LogP contribution in [0.1, 0.15) is 10.4 Å². The first-order chi connectivity index (χ1) is 8.72. The Kier molecular flexibility index (Phi) is 4.17. The van der Waals surface area contributed by atoms with Crippen molar-refractivity contribution in [1.29, 1.82) is 0 Å². The van der Waals surface area contributed by atoms with Gasteiger partial charge in [0.05, 0.1) is 5.56 Å². The molecule has 0 aliphatic carbocycles. The van der Waals surface area contributed by atoms with Gasteiger partial charge in [-0.15, -0.1) is 0 Å². The average molecular weight is 249 g/mol. The van der Waals surface area contributed by atoms with Crippen LogP contribution in [0.5, 0.6) is 5.75 Å². The summed E-state index contributed by atoms with van der Waals surface area (Å²) in [6.07, 6.45) is 0. The molecule has 0 bridgehead atoms. The molecule has 0 unspecified atom stereocenters. The van der Waals surface area contributed by atoms with Gasteiger partial charge in [-0.1, -0.05) is 12.1 Å². The van der Waals surface area contributed by atoms with E-state index in [0.717, 1.165) is 19.6 Å². The maximum atomic E-state index is 12.2. The van der Waals surface area contributed by atoms with Gasteiger partial charge in [-0.2, -0.15) is 0 Å². The molecular weight excluding hydrogens is 230 g/mol. The van der Waals surface area contributed by atoms with Crippen molar-refractivity contribution in [2.45, 2.75) is 0 Å². The van der Waals surface area contributed by atoms with Gasteiger partial charge in [-0.25, -0.2) is 0 Å². The summed E-state index contributed by atoms with van der Waals surface area (Å²) in [5.74, 6) is -0.0487. The lowest BCUT2D eigenvalue weighted by atomic mass is 10.1. The van der Waals surface area contributed by atoms with Crippen molar-refractivity contribution in [3.63, 3.8) is 0 Å². The second-order valence-electron chi connectivity index (χ2n) is 4.44. The predicted molar refractivity (Wildman–Crippen MR) is 69.5 cm³/mol. The normalized spacial score (nSPS) is 16.8. The molecule has 0 radical (unpaired) electrons. The van der Waals surface area contributed by atoms with Crippen molar-refractivity contribution in [2.75, 3.05) is 39.3 Å². The number of benzene rings is 1. The highest BCUT2D eigenvalue weighted by Gasteiger charge is 2.23. The summed E-state index contributed by atoms with van der Waals surface area (Å²) < 4.78 is 0. The third-order valence-electron chi connectivity index (χ3n) is 3.24. The van der Waals surface area contributed by atoms with Crippen molar-refractivity contribution in [1.82, 2.24) is 9.80 Å².